The van der Waals surface area contributed by atoms with E-state index in [4.69, 9.17) is 11.6 Å². The van der Waals surface area contributed by atoms with Gasteiger partial charge in [-0.15, -0.1) is 0 Å². The van der Waals surface area contributed by atoms with Crippen LogP contribution < -0.4 is 5.32 Å². The lowest BCUT2D eigenvalue weighted by Gasteiger charge is -2.21. The summed E-state index contributed by atoms with van der Waals surface area (Å²) in [7, 11) is 0. The Bertz CT molecular complexity index is 613. The van der Waals surface area contributed by atoms with E-state index in [1.165, 1.54) is 12.1 Å². The van der Waals surface area contributed by atoms with E-state index in [0.717, 1.165) is 0 Å². The molecule has 0 fully saturated rings. The van der Waals surface area contributed by atoms with Crippen LogP contribution in [-0.4, -0.2) is 6.54 Å². The molecule has 2 rings (SSSR count). The Morgan fingerprint density at radius 1 is 1.14 bits per heavy atom. The van der Waals surface area contributed by atoms with Gasteiger partial charge in [0.05, 0.1) is 5.02 Å². The van der Waals surface area contributed by atoms with Crippen molar-refractivity contribution in [1.82, 2.24) is 5.32 Å². The normalized spacial score (nSPS) is 12.4. The number of rotatable bonds is 5. The van der Waals surface area contributed by atoms with Crippen molar-refractivity contribution in [2.24, 2.45) is 0 Å². The molecular formula is C16H15BrClF2N. The third-order valence-corrected chi connectivity index (χ3v) is 4.37. The number of hydrogen-bond donors (Lipinski definition) is 1. The second-order valence-electron chi connectivity index (χ2n) is 4.66. The molecule has 5 heteroatoms. The Morgan fingerprint density at radius 2 is 1.81 bits per heavy atom. The fourth-order valence-corrected chi connectivity index (χ4v) is 3.11. The summed E-state index contributed by atoms with van der Waals surface area (Å²) in [6, 6.07) is 9.23. The summed E-state index contributed by atoms with van der Waals surface area (Å²) in [5.41, 5.74) is 1.18. The van der Waals surface area contributed by atoms with E-state index >= 15 is 0 Å². The van der Waals surface area contributed by atoms with Crippen molar-refractivity contribution in [1.29, 1.82) is 0 Å². The van der Waals surface area contributed by atoms with Crippen molar-refractivity contribution >= 4 is 27.5 Å². The van der Waals surface area contributed by atoms with Crippen molar-refractivity contribution in [2.75, 3.05) is 6.54 Å². The molecule has 0 saturated heterocycles. The lowest BCUT2D eigenvalue weighted by Crippen LogP contribution is -2.24. The molecular weight excluding hydrogens is 360 g/mol. The van der Waals surface area contributed by atoms with Crippen LogP contribution in [0.1, 0.15) is 24.1 Å². The van der Waals surface area contributed by atoms with Crippen LogP contribution in [-0.2, 0) is 6.42 Å². The summed E-state index contributed by atoms with van der Waals surface area (Å²) in [4.78, 5) is 0. The van der Waals surface area contributed by atoms with Gasteiger partial charge in [-0.05, 0) is 36.7 Å². The fourth-order valence-electron chi connectivity index (χ4n) is 2.29. The highest BCUT2D eigenvalue weighted by molar-refractivity contribution is 9.10. The zero-order chi connectivity index (χ0) is 15.4. The summed E-state index contributed by atoms with van der Waals surface area (Å²) in [5, 5.41) is 3.32. The van der Waals surface area contributed by atoms with Gasteiger partial charge in [-0.25, -0.2) is 8.78 Å². The van der Waals surface area contributed by atoms with Crippen molar-refractivity contribution < 1.29 is 8.78 Å². The Labute approximate surface area is 136 Å². The van der Waals surface area contributed by atoms with Crippen LogP contribution >= 0.6 is 27.5 Å². The zero-order valence-electron chi connectivity index (χ0n) is 11.5. The van der Waals surface area contributed by atoms with E-state index in [2.05, 4.69) is 21.2 Å². The second-order valence-corrected chi connectivity index (χ2v) is 5.89. The summed E-state index contributed by atoms with van der Waals surface area (Å²) in [6.07, 6.45) is 0.407. The first-order valence-electron chi connectivity index (χ1n) is 6.64. The van der Waals surface area contributed by atoms with Crippen molar-refractivity contribution in [2.45, 2.75) is 19.4 Å². The Morgan fingerprint density at radius 3 is 2.48 bits per heavy atom. The van der Waals surface area contributed by atoms with Crippen LogP contribution in [0, 0.1) is 11.6 Å². The molecule has 0 aromatic heterocycles. The molecule has 112 valence electrons. The average Bonchev–Trinajstić information content (AvgIpc) is 2.44. The minimum atomic E-state index is -0.461. The molecule has 1 unspecified atom stereocenters. The summed E-state index contributed by atoms with van der Waals surface area (Å²) >= 11 is 9.37. The highest BCUT2D eigenvalue weighted by Crippen LogP contribution is 2.31. The first kappa shape index (κ1) is 16.4. The molecule has 0 spiro atoms. The number of benzene rings is 2. The predicted molar refractivity (Wildman–Crippen MR) is 85.6 cm³/mol. The number of halogens is 4. The van der Waals surface area contributed by atoms with E-state index in [1.54, 1.807) is 24.3 Å². The van der Waals surface area contributed by atoms with Crippen molar-refractivity contribution in [3.8, 4) is 0 Å². The van der Waals surface area contributed by atoms with Gasteiger partial charge in [0.25, 0.3) is 0 Å². The van der Waals surface area contributed by atoms with E-state index in [-0.39, 0.29) is 16.9 Å². The van der Waals surface area contributed by atoms with Crippen molar-refractivity contribution in [3.05, 3.63) is 68.7 Å². The van der Waals surface area contributed by atoms with Gasteiger partial charge in [-0.1, -0.05) is 52.7 Å². The Kier molecular flexibility index (Phi) is 5.73. The van der Waals surface area contributed by atoms with Gasteiger partial charge >= 0.3 is 0 Å². The minimum Gasteiger partial charge on any atom is -0.310 e. The van der Waals surface area contributed by atoms with E-state index in [0.29, 0.717) is 28.6 Å². The molecule has 1 atom stereocenters. The maximum atomic E-state index is 14.1. The topological polar surface area (TPSA) is 12.0 Å². The zero-order valence-corrected chi connectivity index (χ0v) is 13.8. The molecule has 0 aliphatic rings. The van der Waals surface area contributed by atoms with Gasteiger partial charge in [0.1, 0.15) is 11.6 Å². The quantitative estimate of drug-likeness (QED) is 0.751. The molecule has 0 heterocycles. The molecule has 2 aromatic rings. The second kappa shape index (κ2) is 7.34. The van der Waals surface area contributed by atoms with Crippen molar-refractivity contribution in [3.63, 3.8) is 0 Å². The third kappa shape index (κ3) is 3.82. The highest BCUT2D eigenvalue weighted by atomic mass is 79.9. The Balaban J connectivity index is 2.38. The largest absolute Gasteiger partial charge is 0.310 e. The molecule has 1 N–H and O–H groups in total. The molecule has 0 bridgehead atoms. The summed E-state index contributed by atoms with van der Waals surface area (Å²) in [6.45, 7) is 2.60. The number of nitrogens with one attached hydrogen (secondary N) is 1. The summed E-state index contributed by atoms with van der Waals surface area (Å²) < 4.78 is 28.4. The standard InChI is InChI=1S/C16H15BrClF2N/c1-2-21-14(15-11(17)6-4-7-12(15)19)9-10-5-3-8-13(20)16(10)18/h3-8,14,21H,2,9H2,1H3. The lowest BCUT2D eigenvalue weighted by molar-refractivity contribution is 0.506. The lowest BCUT2D eigenvalue weighted by atomic mass is 9.98. The number of hydrogen-bond acceptors (Lipinski definition) is 1. The molecule has 0 amide bonds. The minimum absolute atomic E-state index is 0.0906. The van der Waals surface area contributed by atoms with Crippen LogP contribution in [0.2, 0.25) is 5.02 Å². The molecule has 21 heavy (non-hydrogen) atoms. The SMILES string of the molecule is CCNC(Cc1cccc(F)c1Cl)c1c(F)cccc1Br. The first-order valence-corrected chi connectivity index (χ1v) is 7.81. The van der Waals surface area contributed by atoms with Gasteiger partial charge in [0.15, 0.2) is 0 Å². The number of likely N-dealkylation sites (N-methyl/N-ethyl adjacent to an activating group) is 1. The van der Waals surface area contributed by atoms with Crippen LogP contribution in [0.3, 0.4) is 0 Å². The van der Waals surface area contributed by atoms with Crippen LogP contribution in [0.5, 0.6) is 0 Å². The van der Waals surface area contributed by atoms with Gasteiger partial charge in [-0.2, -0.15) is 0 Å². The van der Waals surface area contributed by atoms with Gasteiger partial charge in [-0.3, -0.25) is 0 Å². The molecule has 0 aliphatic carbocycles. The maximum Gasteiger partial charge on any atom is 0.142 e. The molecule has 1 nitrogen and oxygen atoms in total. The average molecular weight is 375 g/mol. The van der Waals surface area contributed by atoms with Crippen LogP contribution in [0.4, 0.5) is 8.78 Å². The monoisotopic (exact) mass is 373 g/mol. The van der Waals surface area contributed by atoms with E-state index in [1.807, 2.05) is 6.92 Å². The first-order chi connectivity index (χ1) is 10.0. The molecule has 2 aromatic carbocycles. The summed E-state index contributed by atoms with van der Waals surface area (Å²) in [5.74, 6) is -0.764. The Hall–Kier alpha value is -0.970. The van der Waals surface area contributed by atoms with Crippen LogP contribution in [0.15, 0.2) is 40.9 Å². The van der Waals surface area contributed by atoms with Crippen LogP contribution in [0.25, 0.3) is 0 Å². The fraction of sp³-hybridized carbons (Fsp3) is 0.250. The van der Waals surface area contributed by atoms with E-state index in [9.17, 15) is 8.78 Å². The highest BCUT2D eigenvalue weighted by Gasteiger charge is 2.20. The molecule has 0 aliphatic heterocycles. The van der Waals surface area contributed by atoms with Gasteiger partial charge in [0.2, 0.25) is 0 Å². The third-order valence-electron chi connectivity index (χ3n) is 3.25. The molecule has 0 saturated carbocycles. The molecule has 0 radical (unpaired) electrons. The van der Waals surface area contributed by atoms with Gasteiger partial charge < -0.3 is 5.32 Å². The van der Waals surface area contributed by atoms with Gasteiger partial charge in [0, 0.05) is 16.1 Å². The van der Waals surface area contributed by atoms with E-state index < -0.39 is 5.82 Å². The smallest absolute Gasteiger partial charge is 0.142 e. The predicted octanol–water partition coefficient (Wildman–Crippen LogP) is 5.27. The maximum absolute atomic E-state index is 14.1.